The minimum atomic E-state index is -0.357. The summed E-state index contributed by atoms with van der Waals surface area (Å²) in [6.45, 7) is 2.80. The standard InChI is InChI=1S/C16H16Br2FNO/c1-3-20-16(12-9-11(17)5-6-13(12)18)10-4-7-15(21-2)14(19)8-10/h4-9,16,20H,3H2,1-2H3. The molecule has 1 atom stereocenters. The van der Waals surface area contributed by atoms with Crippen LogP contribution in [0.1, 0.15) is 24.1 Å². The second-order valence-electron chi connectivity index (χ2n) is 4.55. The summed E-state index contributed by atoms with van der Waals surface area (Å²) >= 11 is 7.05. The molecule has 0 aliphatic carbocycles. The number of hydrogen-bond donors (Lipinski definition) is 1. The maximum absolute atomic E-state index is 14.0. The molecule has 1 N–H and O–H groups in total. The van der Waals surface area contributed by atoms with Gasteiger partial charge < -0.3 is 10.1 Å². The van der Waals surface area contributed by atoms with E-state index in [0.717, 1.165) is 26.6 Å². The molecule has 2 rings (SSSR count). The number of methoxy groups -OCH3 is 1. The highest BCUT2D eigenvalue weighted by molar-refractivity contribution is 9.11. The third-order valence-corrected chi connectivity index (χ3v) is 4.40. The van der Waals surface area contributed by atoms with E-state index < -0.39 is 0 Å². The number of benzene rings is 2. The van der Waals surface area contributed by atoms with E-state index >= 15 is 0 Å². The van der Waals surface area contributed by atoms with Crippen LogP contribution in [0.25, 0.3) is 0 Å². The molecule has 0 saturated carbocycles. The molecule has 0 fully saturated rings. The van der Waals surface area contributed by atoms with E-state index in [-0.39, 0.29) is 17.6 Å². The largest absolute Gasteiger partial charge is 0.494 e. The summed E-state index contributed by atoms with van der Waals surface area (Å²) in [7, 11) is 1.46. The van der Waals surface area contributed by atoms with Gasteiger partial charge in [0.05, 0.1) is 13.2 Å². The summed E-state index contributed by atoms with van der Waals surface area (Å²) in [5.41, 5.74) is 1.91. The summed E-state index contributed by atoms with van der Waals surface area (Å²) in [6, 6.07) is 10.9. The summed E-state index contributed by atoms with van der Waals surface area (Å²) in [5.74, 6) is -0.105. The van der Waals surface area contributed by atoms with E-state index in [2.05, 4.69) is 37.2 Å². The Hall–Kier alpha value is -0.910. The molecular weight excluding hydrogens is 401 g/mol. The van der Waals surface area contributed by atoms with Crippen LogP contribution in [0, 0.1) is 5.82 Å². The van der Waals surface area contributed by atoms with E-state index in [1.54, 1.807) is 6.07 Å². The number of ether oxygens (including phenoxy) is 1. The lowest BCUT2D eigenvalue weighted by atomic mass is 9.98. The Morgan fingerprint density at radius 2 is 1.95 bits per heavy atom. The molecular formula is C16H16Br2FNO. The lowest BCUT2D eigenvalue weighted by Gasteiger charge is -2.21. The summed E-state index contributed by atoms with van der Waals surface area (Å²) < 4.78 is 20.9. The normalized spacial score (nSPS) is 12.2. The molecule has 2 aromatic carbocycles. The van der Waals surface area contributed by atoms with Gasteiger partial charge in [-0.2, -0.15) is 0 Å². The van der Waals surface area contributed by atoms with Gasteiger partial charge in [-0.05, 0) is 48.0 Å². The average molecular weight is 417 g/mol. The van der Waals surface area contributed by atoms with Gasteiger partial charge in [0.1, 0.15) is 0 Å². The first kappa shape index (κ1) is 16.5. The molecule has 2 nitrogen and oxygen atoms in total. The van der Waals surface area contributed by atoms with Gasteiger partial charge in [-0.1, -0.05) is 44.8 Å². The first-order valence-corrected chi connectivity index (χ1v) is 8.17. The van der Waals surface area contributed by atoms with Gasteiger partial charge in [0.25, 0.3) is 0 Å². The topological polar surface area (TPSA) is 21.3 Å². The van der Waals surface area contributed by atoms with Crippen molar-refractivity contribution in [3.8, 4) is 5.75 Å². The fourth-order valence-electron chi connectivity index (χ4n) is 2.21. The second-order valence-corrected chi connectivity index (χ2v) is 6.32. The lowest BCUT2D eigenvalue weighted by Crippen LogP contribution is -2.22. The smallest absolute Gasteiger partial charge is 0.165 e. The van der Waals surface area contributed by atoms with Crippen LogP contribution in [0.2, 0.25) is 0 Å². The van der Waals surface area contributed by atoms with Crippen molar-refractivity contribution in [3.05, 3.63) is 62.3 Å². The van der Waals surface area contributed by atoms with Crippen molar-refractivity contribution < 1.29 is 9.13 Å². The zero-order valence-corrected chi connectivity index (χ0v) is 15.0. The van der Waals surface area contributed by atoms with Gasteiger partial charge in [0.15, 0.2) is 11.6 Å². The molecule has 0 bridgehead atoms. The summed E-state index contributed by atoms with van der Waals surface area (Å²) in [4.78, 5) is 0. The van der Waals surface area contributed by atoms with Gasteiger partial charge in [-0.3, -0.25) is 0 Å². The summed E-state index contributed by atoms with van der Waals surface area (Å²) in [6.07, 6.45) is 0. The molecule has 0 spiro atoms. The Bertz CT molecular complexity index is 634. The Labute approximate surface area is 141 Å². The third-order valence-electron chi connectivity index (χ3n) is 3.19. The minimum Gasteiger partial charge on any atom is -0.494 e. The van der Waals surface area contributed by atoms with Crippen molar-refractivity contribution in [1.29, 1.82) is 0 Å². The first-order chi connectivity index (χ1) is 10.1. The second kappa shape index (κ2) is 7.38. The molecule has 112 valence electrons. The van der Waals surface area contributed by atoms with Crippen LogP contribution in [-0.2, 0) is 0 Å². The Morgan fingerprint density at radius 1 is 1.19 bits per heavy atom. The molecule has 0 saturated heterocycles. The molecule has 5 heteroatoms. The van der Waals surface area contributed by atoms with Gasteiger partial charge in [0, 0.05) is 8.95 Å². The number of rotatable bonds is 5. The average Bonchev–Trinajstić information content (AvgIpc) is 2.47. The minimum absolute atomic E-state index is 0.0951. The van der Waals surface area contributed by atoms with E-state index in [4.69, 9.17) is 4.74 Å². The van der Waals surface area contributed by atoms with Crippen LogP contribution in [0.4, 0.5) is 4.39 Å². The van der Waals surface area contributed by atoms with Gasteiger partial charge in [-0.25, -0.2) is 4.39 Å². The Kier molecular flexibility index (Phi) is 5.79. The highest BCUT2D eigenvalue weighted by atomic mass is 79.9. The Morgan fingerprint density at radius 3 is 2.57 bits per heavy atom. The molecule has 2 aromatic rings. The zero-order chi connectivity index (χ0) is 15.4. The molecule has 0 aromatic heterocycles. The van der Waals surface area contributed by atoms with Crippen molar-refractivity contribution in [2.45, 2.75) is 13.0 Å². The number of nitrogens with one attached hydrogen (secondary N) is 1. The zero-order valence-electron chi connectivity index (χ0n) is 11.8. The summed E-state index contributed by atoms with van der Waals surface area (Å²) in [5, 5.41) is 3.39. The molecule has 0 heterocycles. The van der Waals surface area contributed by atoms with Crippen molar-refractivity contribution >= 4 is 31.9 Å². The van der Waals surface area contributed by atoms with E-state index in [1.807, 2.05) is 31.2 Å². The number of halogens is 3. The van der Waals surface area contributed by atoms with Crippen LogP contribution in [-0.4, -0.2) is 13.7 Å². The third kappa shape index (κ3) is 3.84. The van der Waals surface area contributed by atoms with Crippen molar-refractivity contribution in [2.75, 3.05) is 13.7 Å². The van der Waals surface area contributed by atoms with Crippen LogP contribution in [0.3, 0.4) is 0 Å². The van der Waals surface area contributed by atoms with Crippen molar-refractivity contribution in [1.82, 2.24) is 5.32 Å². The number of hydrogen-bond acceptors (Lipinski definition) is 2. The van der Waals surface area contributed by atoms with Crippen LogP contribution >= 0.6 is 31.9 Å². The van der Waals surface area contributed by atoms with Crippen LogP contribution < -0.4 is 10.1 Å². The molecule has 0 aliphatic rings. The molecule has 0 radical (unpaired) electrons. The van der Waals surface area contributed by atoms with E-state index in [9.17, 15) is 4.39 Å². The Balaban J connectivity index is 2.48. The maximum Gasteiger partial charge on any atom is 0.165 e. The fraction of sp³-hybridized carbons (Fsp3) is 0.250. The van der Waals surface area contributed by atoms with Crippen LogP contribution in [0.15, 0.2) is 45.3 Å². The first-order valence-electron chi connectivity index (χ1n) is 6.58. The van der Waals surface area contributed by atoms with Crippen LogP contribution in [0.5, 0.6) is 5.75 Å². The predicted octanol–water partition coefficient (Wildman–Crippen LogP) is 5.06. The molecule has 21 heavy (non-hydrogen) atoms. The maximum atomic E-state index is 14.0. The molecule has 0 amide bonds. The van der Waals surface area contributed by atoms with Crippen molar-refractivity contribution in [3.63, 3.8) is 0 Å². The SMILES string of the molecule is CCNC(c1ccc(OC)c(F)c1)c1cc(Br)ccc1Br. The molecule has 1 unspecified atom stereocenters. The fourth-order valence-corrected chi connectivity index (χ4v) is 3.06. The quantitative estimate of drug-likeness (QED) is 0.735. The molecule has 0 aliphatic heterocycles. The monoisotopic (exact) mass is 415 g/mol. The van der Waals surface area contributed by atoms with Gasteiger partial charge in [-0.15, -0.1) is 0 Å². The van der Waals surface area contributed by atoms with E-state index in [0.29, 0.717) is 0 Å². The highest BCUT2D eigenvalue weighted by Crippen LogP contribution is 2.32. The van der Waals surface area contributed by atoms with Gasteiger partial charge in [0.2, 0.25) is 0 Å². The van der Waals surface area contributed by atoms with Gasteiger partial charge >= 0.3 is 0 Å². The van der Waals surface area contributed by atoms with Crippen molar-refractivity contribution in [2.24, 2.45) is 0 Å². The van der Waals surface area contributed by atoms with E-state index in [1.165, 1.54) is 13.2 Å². The predicted molar refractivity (Wildman–Crippen MR) is 90.3 cm³/mol. The highest BCUT2D eigenvalue weighted by Gasteiger charge is 2.18. The lowest BCUT2D eigenvalue weighted by molar-refractivity contribution is 0.385.